The van der Waals surface area contributed by atoms with Crippen molar-refractivity contribution in [2.24, 2.45) is 0 Å². The molecule has 0 saturated heterocycles. The third kappa shape index (κ3) is 6.52. The van der Waals surface area contributed by atoms with E-state index in [0.717, 1.165) is 18.4 Å². The van der Waals surface area contributed by atoms with Crippen molar-refractivity contribution in [3.05, 3.63) is 33.8 Å². The maximum atomic E-state index is 12.7. The largest absolute Gasteiger partial charge is 0.352 e. The van der Waals surface area contributed by atoms with E-state index >= 15 is 0 Å². The summed E-state index contributed by atoms with van der Waals surface area (Å²) in [7, 11) is 0. The van der Waals surface area contributed by atoms with Crippen LogP contribution in [0.5, 0.6) is 0 Å². The van der Waals surface area contributed by atoms with Crippen LogP contribution in [0.1, 0.15) is 58.9 Å². The maximum Gasteiger partial charge on any atom is 0.243 e. The number of rotatable bonds is 9. The van der Waals surface area contributed by atoms with Crippen molar-refractivity contribution in [3.8, 4) is 0 Å². The van der Waals surface area contributed by atoms with Crippen molar-refractivity contribution in [2.45, 2.75) is 72.0 Å². The minimum Gasteiger partial charge on any atom is -0.352 e. The Morgan fingerprint density at radius 3 is 2.36 bits per heavy atom. The highest BCUT2D eigenvalue weighted by Gasteiger charge is 2.29. The summed E-state index contributed by atoms with van der Waals surface area (Å²) >= 11 is 12.2. The van der Waals surface area contributed by atoms with Gasteiger partial charge in [-0.05, 0) is 43.9 Å². The first-order valence-electron chi connectivity index (χ1n) is 8.87. The Bertz CT molecular complexity index is 593. The predicted molar refractivity (Wildman–Crippen MR) is 104 cm³/mol. The number of carbonyl (C=O) groups is 2. The van der Waals surface area contributed by atoms with Crippen molar-refractivity contribution in [2.75, 3.05) is 0 Å². The van der Waals surface area contributed by atoms with Crippen LogP contribution in [0.15, 0.2) is 18.2 Å². The number of halogens is 2. The first-order valence-corrected chi connectivity index (χ1v) is 9.63. The summed E-state index contributed by atoms with van der Waals surface area (Å²) in [5.74, 6) is -0.161. The van der Waals surface area contributed by atoms with Crippen LogP contribution < -0.4 is 5.32 Å². The first-order chi connectivity index (χ1) is 11.8. The average molecular weight is 387 g/mol. The van der Waals surface area contributed by atoms with Crippen molar-refractivity contribution < 1.29 is 9.59 Å². The number of amides is 2. The van der Waals surface area contributed by atoms with Gasteiger partial charge in [-0.15, -0.1) is 0 Å². The van der Waals surface area contributed by atoms with E-state index in [0.29, 0.717) is 29.4 Å². The van der Waals surface area contributed by atoms with E-state index in [9.17, 15) is 9.59 Å². The van der Waals surface area contributed by atoms with Gasteiger partial charge >= 0.3 is 0 Å². The van der Waals surface area contributed by atoms with Gasteiger partial charge in [0, 0.05) is 29.1 Å². The Morgan fingerprint density at radius 2 is 1.84 bits per heavy atom. The quantitative estimate of drug-likeness (QED) is 0.661. The van der Waals surface area contributed by atoms with E-state index in [1.165, 1.54) is 0 Å². The second-order valence-corrected chi connectivity index (χ2v) is 7.09. The topological polar surface area (TPSA) is 49.4 Å². The molecular formula is C19H28Cl2N2O2. The van der Waals surface area contributed by atoms with Gasteiger partial charge in [-0.3, -0.25) is 9.59 Å². The standard InChI is InChI=1S/C19H28Cl2N2O2/c1-5-8-18(24)23(12-14-9-10-15(20)11-16(14)21)17(7-3)19(25)22-13(4)6-2/h9-11,13,17H,5-8,12H2,1-4H3,(H,22,25)/t13-,17+/m0/s1. The molecule has 0 aliphatic carbocycles. The lowest BCUT2D eigenvalue weighted by Gasteiger charge is -2.31. The second-order valence-electron chi connectivity index (χ2n) is 6.25. The summed E-state index contributed by atoms with van der Waals surface area (Å²) in [6, 6.07) is 4.76. The molecule has 2 atom stereocenters. The highest BCUT2D eigenvalue weighted by Crippen LogP contribution is 2.24. The molecule has 0 fully saturated rings. The third-order valence-electron chi connectivity index (χ3n) is 4.21. The summed E-state index contributed by atoms with van der Waals surface area (Å²) in [5.41, 5.74) is 0.783. The molecule has 1 aromatic carbocycles. The molecule has 25 heavy (non-hydrogen) atoms. The van der Waals surface area contributed by atoms with Crippen LogP contribution in [0.25, 0.3) is 0 Å². The SMILES string of the molecule is CCCC(=O)N(Cc1ccc(Cl)cc1Cl)[C@H](CC)C(=O)N[C@@H](C)CC. The highest BCUT2D eigenvalue weighted by molar-refractivity contribution is 6.35. The van der Waals surface area contributed by atoms with E-state index in [1.54, 1.807) is 23.1 Å². The van der Waals surface area contributed by atoms with Crippen molar-refractivity contribution in [1.29, 1.82) is 0 Å². The molecule has 0 radical (unpaired) electrons. The number of benzene rings is 1. The van der Waals surface area contributed by atoms with Gasteiger partial charge in [0.2, 0.25) is 11.8 Å². The molecule has 1 N–H and O–H groups in total. The number of hydrogen-bond acceptors (Lipinski definition) is 2. The third-order valence-corrected chi connectivity index (χ3v) is 4.79. The summed E-state index contributed by atoms with van der Waals surface area (Å²) in [6.45, 7) is 8.13. The van der Waals surface area contributed by atoms with Crippen LogP contribution >= 0.6 is 23.2 Å². The Balaban J connectivity index is 3.08. The number of nitrogens with zero attached hydrogens (tertiary/aromatic N) is 1. The minimum absolute atomic E-state index is 0.0420. The molecule has 0 aromatic heterocycles. The summed E-state index contributed by atoms with van der Waals surface area (Å²) in [5, 5.41) is 4.02. The molecule has 0 unspecified atom stereocenters. The minimum atomic E-state index is -0.514. The lowest BCUT2D eigenvalue weighted by molar-refractivity contribution is -0.141. The molecule has 1 aromatic rings. The van der Waals surface area contributed by atoms with Crippen LogP contribution in [0.4, 0.5) is 0 Å². The molecule has 0 bridgehead atoms. The van der Waals surface area contributed by atoms with Crippen LogP contribution in [-0.2, 0) is 16.1 Å². The fourth-order valence-corrected chi connectivity index (χ4v) is 3.02. The van der Waals surface area contributed by atoms with Gasteiger partial charge in [-0.25, -0.2) is 0 Å². The number of carbonyl (C=O) groups excluding carboxylic acids is 2. The molecule has 0 heterocycles. The lowest BCUT2D eigenvalue weighted by Crippen LogP contribution is -2.50. The van der Waals surface area contributed by atoms with Crippen molar-refractivity contribution in [1.82, 2.24) is 10.2 Å². The molecule has 140 valence electrons. The molecule has 0 saturated carbocycles. The molecule has 0 aliphatic heterocycles. The van der Waals surface area contributed by atoms with Gasteiger partial charge in [0.25, 0.3) is 0 Å². The van der Waals surface area contributed by atoms with Crippen LogP contribution in [0.3, 0.4) is 0 Å². The van der Waals surface area contributed by atoms with E-state index in [-0.39, 0.29) is 17.9 Å². The van der Waals surface area contributed by atoms with Gasteiger partial charge in [-0.1, -0.05) is 50.0 Å². The molecule has 1 rings (SSSR count). The highest BCUT2D eigenvalue weighted by atomic mass is 35.5. The normalized spacial score (nSPS) is 13.2. The summed E-state index contributed by atoms with van der Waals surface area (Å²) in [4.78, 5) is 27.0. The lowest BCUT2D eigenvalue weighted by atomic mass is 10.1. The fourth-order valence-electron chi connectivity index (χ4n) is 2.55. The van der Waals surface area contributed by atoms with E-state index < -0.39 is 6.04 Å². The molecule has 0 aliphatic rings. The average Bonchev–Trinajstić information content (AvgIpc) is 2.56. The molecule has 2 amide bonds. The molecular weight excluding hydrogens is 359 g/mol. The van der Waals surface area contributed by atoms with Crippen LogP contribution in [-0.4, -0.2) is 28.8 Å². The van der Waals surface area contributed by atoms with Gasteiger partial charge in [0.05, 0.1) is 0 Å². The Hall–Kier alpha value is -1.26. The Labute approximate surface area is 160 Å². The van der Waals surface area contributed by atoms with E-state index in [4.69, 9.17) is 23.2 Å². The summed E-state index contributed by atoms with van der Waals surface area (Å²) in [6.07, 6.45) is 2.52. The zero-order chi connectivity index (χ0) is 19.0. The van der Waals surface area contributed by atoms with Gasteiger partial charge in [0.15, 0.2) is 0 Å². The number of nitrogens with one attached hydrogen (secondary N) is 1. The van der Waals surface area contributed by atoms with Crippen molar-refractivity contribution in [3.63, 3.8) is 0 Å². The zero-order valence-corrected chi connectivity index (χ0v) is 17.0. The van der Waals surface area contributed by atoms with E-state index in [2.05, 4.69) is 5.32 Å². The molecule has 0 spiro atoms. The maximum absolute atomic E-state index is 12.7. The van der Waals surface area contributed by atoms with Gasteiger partial charge in [0.1, 0.15) is 6.04 Å². The molecule has 4 nitrogen and oxygen atoms in total. The van der Waals surface area contributed by atoms with Gasteiger partial charge in [-0.2, -0.15) is 0 Å². The van der Waals surface area contributed by atoms with Crippen molar-refractivity contribution >= 4 is 35.0 Å². The fraction of sp³-hybridized carbons (Fsp3) is 0.579. The van der Waals surface area contributed by atoms with Gasteiger partial charge < -0.3 is 10.2 Å². The monoisotopic (exact) mass is 386 g/mol. The number of hydrogen-bond donors (Lipinski definition) is 1. The van der Waals surface area contributed by atoms with Crippen LogP contribution in [0, 0.1) is 0 Å². The zero-order valence-electron chi connectivity index (χ0n) is 15.4. The predicted octanol–water partition coefficient (Wildman–Crippen LogP) is 4.82. The smallest absolute Gasteiger partial charge is 0.243 e. The Kier molecular flexibility index (Phi) is 9.30. The second kappa shape index (κ2) is 10.7. The van der Waals surface area contributed by atoms with Crippen LogP contribution in [0.2, 0.25) is 10.0 Å². The summed E-state index contributed by atoms with van der Waals surface area (Å²) < 4.78 is 0. The van der Waals surface area contributed by atoms with E-state index in [1.807, 2.05) is 27.7 Å². The first kappa shape index (κ1) is 21.8. The molecule has 6 heteroatoms. The Morgan fingerprint density at radius 1 is 1.16 bits per heavy atom.